The van der Waals surface area contributed by atoms with Gasteiger partial charge in [0.05, 0.1) is 5.41 Å². The van der Waals surface area contributed by atoms with Crippen molar-refractivity contribution >= 4 is 16.7 Å². The minimum Gasteiger partial charge on any atom is -0.481 e. The Balaban J connectivity index is 2.00. The molecule has 1 saturated carbocycles. The Labute approximate surface area is 125 Å². The van der Waals surface area contributed by atoms with Crippen LogP contribution >= 0.6 is 0 Å². The average molecular weight is 282 g/mol. The smallest absolute Gasteiger partial charge is 0.309 e. The molecule has 21 heavy (non-hydrogen) atoms. The van der Waals surface area contributed by atoms with Crippen LogP contribution in [-0.2, 0) is 11.2 Å². The fourth-order valence-electron chi connectivity index (χ4n) is 3.90. The van der Waals surface area contributed by atoms with Crippen LogP contribution in [0.1, 0.15) is 38.2 Å². The van der Waals surface area contributed by atoms with Crippen LogP contribution in [0.2, 0.25) is 0 Å². The van der Waals surface area contributed by atoms with Crippen LogP contribution in [0.5, 0.6) is 0 Å². The zero-order chi connectivity index (χ0) is 14.9. The molecule has 1 aliphatic carbocycles. The van der Waals surface area contributed by atoms with Gasteiger partial charge < -0.3 is 5.11 Å². The standard InChI is InChI=1S/C19H22O2/c1-14-6-5-11-19(12-14,18(20)21)13-16-9-4-8-15-7-2-3-10-17(15)16/h2-4,7-10,14H,5-6,11-13H2,1H3,(H,20,21). The summed E-state index contributed by atoms with van der Waals surface area (Å²) >= 11 is 0. The van der Waals surface area contributed by atoms with Gasteiger partial charge in [-0.15, -0.1) is 0 Å². The molecule has 2 unspecified atom stereocenters. The first-order chi connectivity index (χ1) is 10.1. The van der Waals surface area contributed by atoms with Crippen molar-refractivity contribution in [3.8, 4) is 0 Å². The molecule has 0 aliphatic heterocycles. The summed E-state index contributed by atoms with van der Waals surface area (Å²) in [5, 5.41) is 12.2. The van der Waals surface area contributed by atoms with Gasteiger partial charge in [-0.25, -0.2) is 0 Å². The maximum absolute atomic E-state index is 12.0. The van der Waals surface area contributed by atoms with Gasteiger partial charge in [-0.05, 0) is 41.5 Å². The first-order valence-electron chi connectivity index (χ1n) is 7.81. The summed E-state index contributed by atoms with van der Waals surface area (Å²) in [6.07, 6.45) is 4.43. The number of hydrogen-bond donors (Lipinski definition) is 1. The highest BCUT2D eigenvalue weighted by atomic mass is 16.4. The second kappa shape index (κ2) is 5.51. The summed E-state index contributed by atoms with van der Waals surface area (Å²) in [5.41, 5.74) is 0.589. The molecule has 110 valence electrons. The lowest BCUT2D eigenvalue weighted by atomic mass is 9.67. The van der Waals surface area contributed by atoms with E-state index in [1.165, 1.54) is 16.3 Å². The highest BCUT2D eigenvalue weighted by molar-refractivity contribution is 5.86. The Morgan fingerprint density at radius 3 is 2.76 bits per heavy atom. The molecule has 0 radical (unpaired) electrons. The minimum atomic E-state index is -0.623. The van der Waals surface area contributed by atoms with E-state index in [-0.39, 0.29) is 0 Å². The first-order valence-corrected chi connectivity index (χ1v) is 7.81. The van der Waals surface area contributed by atoms with Gasteiger partial charge in [-0.2, -0.15) is 0 Å². The normalized spacial score (nSPS) is 25.9. The lowest BCUT2D eigenvalue weighted by Gasteiger charge is -2.36. The van der Waals surface area contributed by atoms with Crippen LogP contribution in [0, 0.1) is 11.3 Å². The van der Waals surface area contributed by atoms with E-state index in [0.717, 1.165) is 25.7 Å². The molecule has 1 fully saturated rings. The van der Waals surface area contributed by atoms with E-state index in [1.54, 1.807) is 0 Å². The number of rotatable bonds is 3. The number of carbonyl (C=O) groups is 1. The zero-order valence-electron chi connectivity index (χ0n) is 12.5. The molecule has 1 aliphatic rings. The van der Waals surface area contributed by atoms with Crippen molar-refractivity contribution in [2.45, 2.75) is 39.0 Å². The van der Waals surface area contributed by atoms with Gasteiger partial charge in [0.1, 0.15) is 0 Å². The summed E-state index contributed by atoms with van der Waals surface area (Å²) in [4.78, 5) is 12.0. The molecule has 2 aromatic carbocycles. The second-order valence-electron chi connectivity index (χ2n) is 6.60. The Kier molecular flexibility index (Phi) is 3.71. The van der Waals surface area contributed by atoms with Gasteiger partial charge in [0, 0.05) is 0 Å². The van der Waals surface area contributed by atoms with E-state index >= 15 is 0 Å². The largest absolute Gasteiger partial charge is 0.481 e. The second-order valence-corrected chi connectivity index (χ2v) is 6.60. The minimum absolute atomic E-state index is 0.504. The van der Waals surface area contributed by atoms with Gasteiger partial charge >= 0.3 is 5.97 Å². The fraction of sp³-hybridized carbons (Fsp3) is 0.421. The number of hydrogen-bond acceptors (Lipinski definition) is 1. The van der Waals surface area contributed by atoms with Crippen molar-refractivity contribution in [3.05, 3.63) is 48.0 Å². The zero-order valence-corrected chi connectivity index (χ0v) is 12.5. The van der Waals surface area contributed by atoms with Gasteiger partial charge in [0.2, 0.25) is 0 Å². The predicted molar refractivity (Wildman–Crippen MR) is 85.4 cm³/mol. The number of fused-ring (bicyclic) bond motifs is 1. The SMILES string of the molecule is CC1CCCC(Cc2cccc3ccccc23)(C(=O)O)C1. The maximum Gasteiger partial charge on any atom is 0.309 e. The number of carboxylic acids is 1. The van der Waals surface area contributed by atoms with Gasteiger partial charge in [0.15, 0.2) is 0 Å². The van der Waals surface area contributed by atoms with Crippen LogP contribution in [0.25, 0.3) is 10.8 Å². The lowest BCUT2D eigenvalue weighted by molar-refractivity contribution is -0.152. The monoisotopic (exact) mass is 282 g/mol. The Hall–Kier alpha value is -1.83. The summed E-state index contributed by atoms with van der Waals surface area (Å²) < 4.78 is 0. The molecule has 0 heterocycles. The summed E-state index contributed by atoms with van der Waals surface area (Å²) in [7, 11) is 0. The van der Waals surface area contributed by atoms with Crippen LogP contribution in [-0.4, -0.2) is 11.1 Å². The molecule has 0 bridgehead atoms. The summed E-state index contributed by atoms with van der Waals surface area (Å²) in [5.74, 6) is -0.119. The third-order valence-electron chi connectivity index (χ3n) is 4.95. The topological polar surface area (TPSA) is 37.3 Å². The summed E-state index contributed by atoms with van der Waals surface area (Å²) in [6.45, 7) is 2.18. The number of carboxylic acid groups (broad SMARTS) is 1. The van der Waals surface area contributed by atoms with Gasteiger partial charge in [-0.1, -0.05) is 62.2 Å². The van der Waals surface area contributed by atoms with Crippen molar-refractivity contribution in [2.75, 3.05) is 0 Å². The first kappa shape index (κ1) is 14.1. The van der Waals surface area contributed by atoms with E-state index < -0.39 is 11.4 Å². The van der Waals surface area contributed by atoms with E-state index in [2.05, 4.69) is 31.2 Å². The Morgan fingerprint density at radius 2 is 2.00 bits per heavy atom. The average Bonchev–Trinajstić information content (AvgIpc) is 2.47. The van der Waals surface area contributed by atoms with Gasteiger partial charge in [-0.3, -0.25) is 4.79 Å². The van der Waals surface area contributed by atoms with E-state index in [4.69, 9.17) is 0 Å². The maximum atomic E-state index is 12.0. The summed E-state index contributed by atoms with van der Waals surface area (Å²) in [6, 6.07) is 14.5. The van der Waals surface area contributed by atoms with Crippen molar-refractivity contribution < 1.29 is 9.90 Å². The molecule has 0 saturated heterocycles. The molecule has 3 rings (SSSR count). The van der Waals surface area contributed by atoms with Crippen molar-refractivity contribution in [3.63, 3.8) is 0 Å². The molecule has 2 aromatic rings. The predicted octanol–water partition coefficient (Wildman–Crippen LogP) is 4.66. The van der Waals surface area contributed by atoms with Gasteiger partial charge in [0.25, 0.3) is 0 Å². The molecule has 2 atom stereocenters. The molecule has 0 aromatic heterocycles. The lowest BCUT2D eigenvalue weighted by Crippen LogP contribution is -2.38. The van der Waals surface area contributed by atoms with E-state index in [9.17, 15) is 9.90 Å². The molecule has 1 N–H and O–H groups in total. The van der Waals surface area contributed by atoms with Crippen LogP contribution in [0.15, 0.2) is 42.5 Å². The van der Waals surface area contributed by atoms with Crippen LogP contribution < -0.4 is 0 Å². The van der Waals surface area contributed by atoms with Crippen LogP contribution in [0.3, 0.4) is 0 Å². The Bertz CT molecular complexity index is 656. The van der Waals surface area contributed by atoms with Crippen LogP contribution in [0.4, 0.5) is 0 Å². The molecule has 2 nitrogen and oxygen atoms in total. The highest BCUT2D eigenvalue weighted by Crippen LogP contribution is 2.43. The third kappa shape index (κ3) is 2.67. The number of benzene rings is 2. The molecular formula is C19H22O2. The van der Waals surface area contributed by atoms with Crippen molar-refractivity contribution in [1.29, 1.82) is 0 Å². The highest BCUT2D eigenvalue weighted by Gasteiger charge is 2.42. The van der Waals surface area contributed by atoms with E-state index in [1.807, 2.05) is 18.2 Å². The Morgan fingerprint density at radius 1 is 1.24 bits per heavy atom. The van der Waals surface area contributed by atoms with Crippen molar-refractivity contribution in [1.82, 2.24) is 0 Å². The third-order valence-corrected chi connectivity index (χ3v) is 4.95. The quantitative estimate of drug-likeness (QED) is 0.888. The van der Waals surface area contributed by atoms with Crippen molar-refractivity contribution in [2.24, 2.45) is 11.3 Å². The molecular weight excluding hydrogens is 260 g/mol. The molecule has 0 amide bonds. The van der Waals surface area contributed by atoms with E-state index in [0.29, 0.717) is 12.3 Å². The number of aliphatic carboxylic acids is 1. The fourth-order valence-corrected chi connectivity index (χ4v) is 3.90. The molecule has 0 spiro atoms. The molecule has 2 heteroatoms.